The molecule has 28 heavy (non-hydrogen) atoms. The van der Waals surface area contributed by atoms with Crippen LogP contribution < -0.4 is 0 Å². The van der Waals surface area contributed by atoms with E-state index in [1.807, 2.05) is 0 Å². The first-order valence-corrected chi connectivity index (χ1v) is 8.79. The minimum absolute atomic E-state index is 0.0840. The Labute approximate surface area is 158 Å². The summed E-state index contributed by atoms with van der Waals surface area (Å²) in [6.45, 7) is 0.689. The van der Waals surface area contributed by atoms with Crippen molar-refractivity contribution in [2.45, 2.75) is 25.1 Å². The van der Waals surface area contributed by atoms with Gasteiger partial charge in [-0.15, -0.1) is 0 Å². The van der Waals surface area contributed by atoms with Crippen LogP contribution >= 0.6 is 0 Å². The van der Waals surface area contributed by atoms with Crippen molar-refractivity contribution in [1.82, 2.24) is 29.4 Å². The molecule has 0 spiro atoms. The molecule has 1 amide bonds. The van der Waals surface area contributed by atoms with Gasteiger partial charge in [-0.25, -0.2) is 14.3 Å². The summed E-state index contributed by atoms with van der Waals surface area (Å²) < 4.78 is 43.8. The highest BCUT2D eigenvalue weighted by molar-refractivity contribution is 5.95. The van der Waals surface area contributed by atoms with Crippen LogP contribution in [-0.4, -0.2) is 48.4 Å². The zero-order valence-corrected chi connectivity index (χ0v) is 14.8. The lowest BCUT2D eigenvalue weighted by Gasteiger charge is -2.32. The summed E-state index contributed by atoms with van der Waals surface area (Å²) >= 11 is 0. The van der Waals surface area contributed by atoms with Crippen molar-refractivity contribution in [3.8, 4) is 5.69 Å². The second-order valence-electron chi connectivity index (χ2n) is 6.55. The minimum atomic E-state index is -4.71. The zero-order valence-electron chi connectivity index (χ0n) is 14.8. The van der Waals surface area contributed by atoms with Crippen molar-refractivity contribution in [3.05, 3.63) is 60.4 Å². The molecule has 0 atom stereocenters. The second-order valence-corrected chi connectivity index (χ2v) is 6.55. The smallest absolute Gasteiger partial charge is 0.338 e. The van der Waals surface area contributed by atoms with Gasteiger partial charge in [0.15, 0.2) is 5.69 Å². The van der Waals surface area contributed by atoms with Crippen LogP contribution in [0.2, 0.25) is 0 Å². The molecular formula is C18H17F3N6O. The third-order valence-electron chi connectivity index (χ3n) is 4.83. The number of carbonyl (C=O) groups is 1. The second kappa shape index (κ2) is 7.10. The SMILES string of the molecule is O=C(c1cnn(-c2ccccc2)c1C(F)(F)F)N1CCC(n2cncn2)CC1. The molecule has 1 fully saturated rings. The Hall–Kier alpha value is -3.17. The van der Waals surface area contributed by atoms with E-state index in [-0.39, 0.29) is 11.7 Å². The molecule has 0 N–H and O–H groups in total. The molecule has 0 radical (unpaired) electrons. The maximum absolute atomic E-state index is 13.8. The molecule has 146 valence electrons. The first-order valence-electron chi connectivity index (χ1n) is 8.79. The van der Waals surface area contributed by atoms with Crippen LogP contribution in [0.15, 0.2) is 49.2 Å². The molecule has 7 nitrogen and oxygen atoms in total. The summed E-state index contributed by atoms with van der Waals surface area (Å²) in [5.74, 6) is -0.661. The summed E-state index contributed by atoms with van der Waals surface area (Å²) in [5.41, 5.74) is -1.24. The van der Waals surface area contributed by atoms with Gasteiger partial charge in [0.25, 0.3) is 5.91 Å². The van der Waals surface area contributed by atoms with Crippen molar-refractivity contribution in [3.63, 3.8) is 0 Å². The number of amides is 1. The molecule has 0 unspecified atom stereocenters. The zero-order chi connectivity index (χ0) is 19.7. The first-order chi connectivity index (χ1) is 13.4. The number of benzene rings is 1. The van der Waals surface area contributed by atoms with Crippen LogP contribution in [0.5, 0.6) is 0 Å². The lowest BCUT2D eigenvalue weighted by molar-refractivity contribution is -0.143. The number of carbonyl (C=O) groups excluding carboxylic acids is 1. The van der Waals surface area contributed by atoms with Gasteiger partial charge in [0.2, 0.25) is 0 Å². The van der Waals surface area contributed by atoms with Gasteiger partial charge in [-0.1, -0.05) is 18.2 Å². The van der Waals surface area contributed by atoms with E-state index in [0.717, 1.165) is 10.9 Å². The van der Waals surface area contributed by atoms with Crippen LogP contribution in [0, 0.1) is 0 Å². The fourth-order valence-corrected chi connectivity index (χ4v) is 3.45. The van der Waals surface area contributed by atoms with Crippen LogP contribution in [0.4, 0.5) is 13.2 Å². The van der Waals surface area contributed by atoms with E-state index in [2.05, 4.69) is 15.2 Å². The predicted octanol–water partition coefficient (Wildman–Crippen LogP) is 2.96. The average Bonchev–Trinajstić information content (AvgIpc) is 3.38. The number of hydrogen-bond donors (Lipinski definition) is 0. The number of rotatable bonds is 3. The van der Waals surface area contributed by atoms with Crippen molar-refractivity contribution >= 4 is 5.91 Å². The molecule has 3 aromatic rings. The molecule has 1 aliphatic heterocycles. The molecule has 1 aromatic carbocycles. The third kappa shape index (κ3) is 3.37. The monoisotopic (exact) mass is 390 g/mol. The number of alkyl halides is 3. The highest BCUT2D eigenvalue weighted by Gasteiger charge is 2.41. The lowest BCUT2D eigenvalue weighted by Crippen LogP contribution is -2.39. The van der Waals surface area contributed by atoms with Gasteiger partial charge in [-0.2, -0.15) is 23.4 Å². The van der Waals surface area contributed by atoms with Crippen molar-refractivity contribution < 1.29 is 18.0 Å². The summed E-state index contributed by atoms with van der Waals surface area (Å²) in [6.07, 6.45) is 0.531. The van der Waals surface area contributed by atoms with E-state index in [1.165, 1.54) is 23.4 Å². The number of nitrogens with zero attached hydrogens (tertiary/aromatic N) is 6. The molecule has 0 bridgehead atoms. The van der Waals surface area contributed by atoms with Crippen LogP contribution in [0.3, 0.4) is 0 Å². The number of para-hydroxylation sites is 1. The Morgan fingerprint density at radius 3 is 2.39 bits per heavy atom. The summed E-state index contributed by atoms with van der Waals surface area (Å²) in [7, 11) is 0. The van der Waals surface area contributed by atoms with E-state index in [9.17, 15) is 18.0 Å². The summed E-state index contributed by atoms with van der Waals surface area (Å²) in [5, 5.41) is 7.94. The Morgan fingerprint density at radius 2 is 1.79 bits per heavy atom. The van der Waals surface area contributed by atoms with Crippen molar-refractivity contribution in [1.29, 1.82) is 0 Å². The molecule has 3 heterocycles. The molecular weight excluding hydrogens is 373 g/mol. The van der Waals surface area contributed by atoms with Crippen molar-refractivity contribution in [2.75, 3.05) is 13.1 Å². The van der Waals surface area contributed by atoms with E-state index >= 15 is 0 Å². The minimum Gasteiger partial charge on any atom is -0.338 e. The number of piperidine rings is 1. The molecule has 1 aliphatic rings. The van der Waals surface area contributed by atoms with Gasteiger partial charge in [0, 0.05) is 13.1 Å². The standard InChI is InChI=1S/C18H17F3N6O/c19-18(20,21)16-15(10-23-27(16)14-4-2-1-3-5-14)17(28)25-8-6-13(7-9-25)26-12-22-11-24-26/h1-5,10-13H,6-9H2. The highest BCUT2D eigenvalue weighted by Crippen LogP contribution is 2.34. The van der Waals surface area contributed by atoms with E-state index in [4.69, 9.17) is 0 Å². The fourth-order valence-electron chi connectivity index (χ4n) is 3.45. The number of aromatic nitrogens is 5. The highest BCUT2D eigenvalue weighted by atomic mass is 19.4. The fraction of sp³-hybridized carbons (Fsp3) is 0.333. The maximum atomic E-state index is 13.8. The van der Waals surface area contributed by atoms with Crippen LogP contribution in [0.25, 0.3) is 5.69 Å². The molecule has 1 saturated heterocycles. The quantitative estimate of drug-likeness (QED) is 0.690. The normalized spacial score (nSPS) is 15.8. The molecule has 10 heteroatoms. The van der Waals surface area contributed by atoms with Gasteiger partial charge in [0.05, 0.1) is 23.5 Å². The van der Waals surface area contributed by atoms with Crippen LogP contribution in [0.1, 0.15) is 34.9 Å². The Kier molecular flexibility index (Phi) is 4.62. The topological polar surface area (TPSA) is 68.8 Å². The number of likely N-dealkylation sites (tertiary alicyclic amines) is 1. The van der Waals surface area contributed by atoms with Crippen LogP contribution in [-0.2, 0) is 6.18 Å². The third-order valence-corrected chi connectivity index (χ3v) is 4.83. The van der Waals surface area contributed by atoms with Gasteiger partial charge in [-0.05, 0) is 25.0 Å². The van der Waals surface area contributed by atoms with Gasteiger partial charge in [-0.3, -0.25) is 4.79 Å². The molecule has 4 rings (SSSR count). The van der Waals surface area contributed by atoms with E-state index < -0.39 is 23.3 Å². The van der Waals surface area contributed by atoms with E-state index in [1.54, 1.807) is 29.2 Å². The summed E-state index contributed by atoms with van der Waals surface area (Å²) in [4.78, 5) is 18.2. The van der Waals surface area contributed by atoms with E-state index in [0.29, 0.717) is 25.9 Å². The van der Waals surface area contributed by atoms with Crippen molar-refractivity contribution in [2.24, 2.45) is 0 Å². The van der Waals surface area contributed by atoms with Gasteiger partial charge in [0.1, 0.15) is 12.7 Å². The lowest BCUT2D eigenvalue weighted by atomic mass is 10.0. The number of halogens is 3. The molecule has 0 saturated carbocycles. The first kappa shape index (κ1) is 18.2. The average molecular weight is 390 g/mol. The number of hydrogen-bond acceptors (Lipinski definition) is 4. The summed E-state index contributed by atoms with van der Waals surface area (Å²) in [6, 6.07) is 8.05. The molecule has 0 aliphatic carbocycles. The predicted molar refractivity (Wildman–Crippen MR) is 92.8 cm³/mol. The van der Waals surface area contributed by atoms with Gasteiger partial charge < -0.3 is 4.90 Å². The largest absolute Gasteiger partial charge is 0.434 e. The Bertz CT molecular complexity index is 944. The Balaban J connectivity index is 1.59. The molecule has 2 aromatic heterocycles. The maximum Gasteiger partial charge on any atom is 0.434 e. The van der Waals surface area contributed by atoms with Gasteiger partial charge >= 0.3 is 6.18 Å². The Morgan fingerprint density at radius 1 is 1.07 bits per heavy atom.